The largest absolute Gasteiger partial charge is 0.204 e. The lowest BCUT2D eigenvalue weighted by Crippen LogP contribution is -2.13. The highest BCUT2D eigenvalue weighted by molar-refractivity contribution is 5.21. The quantitative estimate of drug-likeness (QED) is 0.433. The van der Waals surface area contributed by atoms with Crippen LogP contribution in [0, 0.1) is 29.3 Å². The molecule has 1 aliphatic carbocycles. The first kappa shape index (κ1) is 17.1. The van der Waals surface area contributed by atoms with E-state index < -0.39 is 17.5 Å². The second-order valence-electron chi connectivity index (χ2n) is 6.46. The Morgan fingerprint density at radius 3 is 2.14 bits per heavy atom. The fourth-order valence-corrected chi connectivity index (χ4v) is 3.40. The van der Waals surface area contributed by atoms with Crippen LogP contribution >= 0.6 is 0 Å². The van der Waals surface area contributed by atoms with E-state index in [0.717, 1.165) is 30.4 Å². The van der Waals surface area contributed by atoms with Gasteiger partial charge in [-0.15, -0.1) is 0 Å². The summed E-state index contributed by atoms with van der Waals surface area (Å²) < 4.78 is 39.1. The van der Waals surface area contributed by atoms with Crippen molar-refractivity contribution in [3.63, 3.8) is 0 Å². The van der Waals surface area contributed by atoms with E-state index in [2.05, 4.69) is 13.0 Å². The van der Waals surface area contributed by atoms with Gasteiger partial charge >= 0.3 is 0 Å². The lowest BCUT2D eigenvalue weighted by molar-refractivity contribution is 0.263. The molecule has 0 unspecified atom stereocenters. The summed E-state index contributed by atoms with van der Waals surface area (Å²) in [7, 11) is 0. The zero-order chi connectivity index (χ0) is 15.9. The fraction of sp³-hybridized carbons (Fsp3) is 0.579. The van der Waals surface area contributed by atoms with E-state index in [1.807, 2.05) is 6.08 Å². The molecule has 0 atom stereocenters. The molecule has 0 N–H and O–H groups in total. The average Bonchev–Trinajstić information content (AvgIpc) is 2.51. The van der Waals surface area contributed by atoms with Gasteiger partial charge in [0, 0.05) is 0 Å². The second kappa shape index (κ2) is 8.40. The smallest absolute Gasteiger partial charge is 0.194 e. The van der Waals surface area contributed by atoms with Crippen LogP contribution < -0.4 is 0 Å². The third kappa shape index (κ3) is 4.89. The van der Waals surface area contributed by atoms with Gasteiger partial charge in [0.15, 0.2) is 17.5 Å². The molecule has 0 radical (unpaired) electrons. The molecule has 0 bridgehead atoms. The van der Waals surface area contributed by atoms with Crippen LogP contribution in [-0.4, -0.2) is 0 Å². The molecule has 3 heteroatoms. The van der Waals surface area contributed by atoms with Gasteiger partial charge in [-0.25, -0.2) is 13.2 Å². The van der Waals surface area contributed by atoms with E-state index in [4.69, 9.17) is 0 Å². The van der Waals surface area contributed by atoms with Crippen molar-refractivity contribution >= 4 is 0 Å². The van der Waals surface area contributed by atoms with Crippen molar-refractivity contribution in [1.29, 1.82) is 0 Å². The Kier molecular flexibility index (Phi) is 6.53. The summed E-state index contributed by atoms with van der Waals surface area (Å²) in [4.78, 5) is 0. The Morgan fingerprint density at radius 2 is 1.55 bits per heavy atom. The Bertz CT molecular complexity index is 476. The number of halogens is 3. The maximum absolute atomic E-state index is 13.1. The maximum atomic E-state index is 13.1. The van der Waals surface area contributed by atoms with Crippen LogP contribution in [0.1, 0.15) is 57.4 Å². The Balaban J connectivity index is 1.75. The highest BCUT2D eigenvalue weighted by Crippen LogP contribution is 2.33. The standard InChI is InChI=1S/C19H25F3/c1-2-5-14-8-10-15(11-9-14)6-3-4-7-16-12-17(20)19(22)18(21)13-16/h3-4,12-15H,2,5-11H2,1H3. The number of benzene rings is 1. The van der Waals surface area contributed by atoms with E-state index in [0.29, 0.717) is 12.0 Å². The van der Waals surface area contributed by atoms with Gasteiger partial charge in [-0.05, 0) is 55.2 Å². The summed E-state index contributed by atoms with van der Waals surface area (Å²) >= 11 is 0. The van der Waals surface area contributed by atoms with Crippen molar-refractivity contribution in [3.8, 4) is 0 Å². The van der Waals surface area contributed by atoms with Gasteiger partial charge in [0.1, 0.15) is 0 Å². The van der Waals surface area contributed by atoms with Crippen LogP contribution in [0.3, 0.4) is 0 Å². The number of hydrogen-bond acceptors (Lipinski definition) is 0. The molecule has 1 aliphatic rings. The van der Waals surface area contributed by atoms with E-state index >= 15 is 0 Å². The van der Waals surface area contributed by atoms with Crippen LogP contribution in [0.5, 0.6) is 0 Å². The molecule has 122 valence electrons. The molecule has 0 spiro atoms. The Labute approximate surface area is 131 Å². The van der Waals surface area contributed by atoms with Crippen molar-refractivity contribution in [3.05, 3.63) is 47.3 Å². The summed E-state index contributed by atoms with van der Waals surface area (Å²) in [6.45, 7) is 2.25. The zero-order valence-electron chi connectivity index (χ0n) is 13.3. The predicted molar refractivity (Wildman–Crippen MR) is 84.1 cm³/mol. The van der Waals surface area contributed by atoms with Crippen LogP contribution in [0.15, 0.2) is 24.3 Å². The minimum absolute atomic E-state index is 0.444. The normalized spacial score (nSPS) is 22.4. The molecular weight excluding hydrogens is 285 g/mol. The molecule has 1 saturated carbocycles. The minimum atomic E-state index is -1.39. The minimum Gasteiger partial charge on any atom is -0.204 e. The molecule has 0 aliphatic heterocycles. The number of allylic oxidation sites excluding steroid dienone is 2. The van der Waals surface area contributed by atoms with Gasteiger partial charge in [-0.2, -0.15) is 0 Å². The van der Waals surface area contributed by atoms with Gasteiger partial charge in [0.25, 0.3) is 0 Å². The van der Waals surface area contributed by atoms with Gasteiger partial charge in [-0.1, -0.05) is 44.8 Å². The predicted octanol–water partition coefficient (Wildman–Crippen LogP) is 6.20. The molecule has 0 amide bonds. The van der Waals surface area contributed by atoms with Crippen molar-refractivity contribution in [2.45, 2.75) is 58.3 Å². The fourth-order valence-electron chi connectivity index (χ4n) is 3.40. The van der Waals surface area contributed by atoms with Crippen LogP contribution in [-0.2, 0) is 6.42 Å². The van der Waals surface area contributed by atoms with E-state index in [1.165, 1.54) is 38.5 Å². The molecule has 2 rings (SSSR count). The average molecular weight is 310 g/mol. The van der Waals surface area contributed by atoms with E-state index in [9.17, 15) is 13.2 Å². The van der Waals surface area contributed by atoms with Gasteiger partial charge in [0.05, 0.1) is 0 Å². The van der Waals surface area contributed by atoms with E-state index in [1.54, 1.807) is 0 Å². The summed E-state index contributed by atoms with van der Waals surface area (Å²) in [5, 5.41) is 0. The van der Waals surface area contributed by atoms with Crippen LogP contribution in [0.25, 0.3) is 0 Å². The first-order valence-electron chi connectivity index (χ1n) is 8.38. The van der Waals surface area contributed by atoms with Crippen molar-refractivity contribution in [2.75, 3.05) is 0 Å². The van der Waals surface area contributed by atoms with Crippen molar-refractivity contribution in [2.24, 2.45) is 11.8 Å². The molecule has 0 aromatic heterocycles. The molecule has 0 nitrogen and oxygen atoms in total. The molecule has 1 fully saturated rings. The van der Waals surface area contributed by atoms with Crippen LogP contribution in [0.4, 0.5) is 13.2 Å². The Morgan fingerprint density at radius 1 is 0.955 bits per heavy atom. The number of hydrogen-bond donors (Lipinski definition) is 0. The van der Waals surface area contributed by atoms with Crippen molar-refractivity contribution in [1.82, 2.24) is 0 Å². The third-order valence-electron chi connectivity index (χ3n) is 4.70. The summed E-state index contributed by atoms with van der Waals surface area (Å²) in [6, 6.07) is 2.14. The summed E-state index contributed by atoms with van der Waals surface area (Å²) in [5.41, 5.74) is 0.472. The lowest BCUT2D eigenvalue weighted by Gasteiger charge is -2.27. The molecule has 0 heterocycles. The summed E-state index contributed by atoms with van der Waals surface area (Å²) in [5.74, 6) is -1.96. The maximum Gasteiger partial charge on any atom is 0.194 e. The summed E-state index contributed by atoms with van der Waals surface area (Å²) in [6.07, 6.45) is 13.4. The monoisotopic (exact) mass is 310 g/mol. The topological polar surface area (TPSA) is 0 Å². The molecule has 22 heavy (non-hydrogen) atoms. The first-order chi connectivity index (χ1) is 10.6. The highest BCUT2D eigenvalue weighted by atomic mass is 19.2. The van der Waals surface area contributed by atoms with Gasteiger partial charge < -0.3 is 0 Å². The SMILES string of the molecule is CCCC1CCC(CC=CCc2cc(F)c(F)c(F)c2)CC1. The van der Waals surface area contributed by atoms with Gasteiger partial charge in [-0.3, -0.25) is 0 Å². The third-order valence-corrected chi connectivity index (χ3v) is 4.70. The van der Waals surface area contributed by atoms with E-state index in [-0.39, 0.29) is 0 Å². The number of rotatable bonds is 6. The van der Waals surface area contributed by atoms with Crippen molar-refractivity contribution < 1.29 is 13.2 Å². The second-order valence-corrected chi connectivity index (χ2v) is 6.46. The van der Waals surface area contributed by atoms with Crippen LogP contribution in [0.2, 0.25) is 0 Å². The molecule has 1 aromatic carbocycles. The highest BCUT2D eigenvalue weighted by Gasteiger charge is 2.19. The van der Waals surface area contributed by atoms with Gasteiger partial charge in [0.2, 0.25) is 0 Å². The molecule has 1 aromatic rings. The zero-order valence-corrected chi connectivity index (χ0v) is 13.3. The Hall–Kier alpha value is -1.25. The molecule has 0 saturated heterocycles. The molecular formula is C19H25F3. The first-order valence-corrected chi connectivity index (χ1v) is 8.38. The lowest BCUT2D eigenvalue weighted by atomic mass is 9.79.